The van der Waals surface area contributed by atoms with Crippen LogP contribution in [0.2, 0.25) is 0 Å². The lowest BCUT2D eigenvalue weighted by Crippen LogP contribution is -2.37. The first-order valence-corrected chi connectivity index (χ1v) is 7.20. The highest BCUT2D eigenvalue weighted by Gasteiger charge is 2.13. The maximum Gasteiger partial charge on any atom is 0.117 e. The SMILES string of the molecule is CCCCCCCC(CN)N(C)Cc1ccco1. The van der Waals surface area contributed by atoms with Gasteiger partial charge in [0.15, 0.2) is 0 Å². The van der Waals surface area contributed by atoms with Gasteiger partial charge in [-0.15, -0.1) is 0 Å². The molecule has 18 heavy (non-hydrogen) atoms. The summed E-state index contributed by atoms with van der Waals surface area (Å²) in [5.74, 6) is 1.02. The van der Waals surface area contributed by atoms with E-state index in [-0.39, 0.29) is 0 Å². The van der Waals surface area contributed by atoms with Crippen LogP contribution in [-0.2, 0) is 6.54 Å². The second-order valence-corrected chi connectivity index (χ2v) is 5.09. The molecular formula is C15H28N2O. The molecule has 0 amide bonds. The third-order valence-electron chi connectivity index (χ3n) is 3.52. The summed E-state index contributed by atoms with van der Waals surface area (Å²) < 4.78 is 5.37. The largest absolute Gasteiger partial charge is 0.468 e. The first-order valence-electron chi connectivity index (χ1n) is 7.20. The summed E-state index contributed by atoms with van der Waals surface area (Å²) in [7, 11) is 2.13. The molecule has 0 aromatic carbocycles. The maximum atomic E-state index is 5.87. The second-order valence-electron chi connectivity index (χ2n) is 5.09. The van der Waals surface area contributed by atoms with E-state index >= 15 is 0 Å². The van der Waals surface area contributed by atoms with Crippen LogP contribution < -0.4 is 5.73 Å². The van der Waals surface area contributed by atoms with E-state index in [9.17, 15) is 0 Å². The van der Waals surface area contributed by atoms with Crippen LogP contribution in [0.3, 0.4) is 0 Å². The molecule has 0 spiro atoms. The third kappa shape index (κ3) is 5.69. The van der Waals surface area contributed by atoms with Crippen molar-refractivity contribution in [2.24, 2.45) is 5.73 Å². The predicted octanol–water partition coefficient (Wildman–Crippen LogP) is 3.40. The summed E-state index contributed by atoms with van der Waals surface area (Å²) >= 11 is 0. The molecule has 0 aliphatic heterocycles. The molecule has 3 nitrogen and oxygen atoms in total. The molecule has 3 heteroatoms. The minimum absolute atomic E-state index is 0.469. The maximum absolute atomic E-state index is 5.87. The Kier molecular flexibility index (Phi) is 7.78. The number of unbranched alkanes of at least 4 members (excludes halogenated alkanes) is 4. The number of likely N-dealkylation sites (N-methyl/N-ethyl adjacent to an activating group) is 1. The minimum Gasteiger partial charge on any atom is -0.468 e. The number of furan rings is 1. The fraction of sp³-hybridized carbons (Fsp3) is 0.733. The molecule has 1 aromatic heterocycles. The molecule has 0 aliphatic rings. The summed E-state index contributed by atoms with van der Waals surface area (Å²) in [6.07, 6.45) is 9.55. The Balaban J connectivity index is 2.22. The van der Waals surface area contributed by atoms with E-state index in [1.54, 1.807) is 6.26 Å². The highest BCUT2D eigenvalue weighted by molar-refractivity contribution is 4.98. The molecule has 0 saturated carbocycles. The first kappa shape index (κ1) is 15.3. The van der Waals surface area contributed by atoms with Crippen LogP contribution in [0.1, 0.15) is 51.2 Å². The van der Waals surface area contributed by atoms with E-state index in [4.69, 9.17) is 10.2 Å². The number of rotatable bonds is 10. The number of hydrogen-bond acceptors (Lipinski definition) is 3. The molecule has 1 heterocycles. The van der Waals surface area contributed by atoms with E-state index in [1.165, 1.54) is 38.5 Å². The van der Waals surface area contributed by atoms with Crippen LogP contribution in [0.4, 0.5) is 0 Å². The summed E-state index contributed by atoms with van der Waals surface area (Å²) in [5, 5.41) is 0. The molecule has 1 atom stereocenters. The lowest BCUT2D eigenvalue weighted by molar-refractivity contribution is 0.207. The van der Waals surface area contributed by atoms with E-state index < -0.39 is 0 Å². The van der Waals surface area contributed by atoms with Crippen LogP contribution in [0.5, 0.6) is 0 Å². The van der Waals surface area contributed by atoms with Crippen molar-refractivity contribution in [1.82, 2.24) is 4.90 Å². The van der Waals surface area contributed by atoms with Crippen LogP contribution in [0, 0.1) is 0 Å². The van der Waals surface area contributed by atoms with Crippen molar-refractivity contribution in [2.75, 3.05) is 13.6 Å². The third-order valence-corrected chi connectivity index (χ3v) is 3.52. The van der Waals surface area contributed by atoms with Gasteiger partial charge >= 0.3 is 0 Å². The van der Waals surface area contributed by atoms with Gasteiger partial charge in [0, 0.05) is 12.6 Å². The number of hydrogen-bond donors (Lipinski definition) is 1. The Hall–Kier alpha value is -0.800. The zero-order chi connectivity index (χ0) is 13.2. The Morgan fingerprint density at radius 1 is 1.28 bits per heavy atom. The molecule has 1 rings (SSSR count). The van der Waals surface area contributed by atoms with Gasteiger partial charge in [0.25, 0.3) is 0 Å². The predicted molar refractivity (Wildman–Crippen MR) is 76.4 cm³/mol. The van der Waals surface area contributed by atoms with Crippen molar-refractivity contribution >= 4 is 0 Å². The molecule has 0 fully saturated rings. The van der Waals surface area contributed by atoms with Gasteiger partial charge in [-0.1, -0.05) is 39.0 Å². The lowest BCUT2D eigenvalue weighted by atomic mass is 10.1. The zero-order valence-electron chi connectivity index (χ0n) is 11.9. The lowest BCUT2D eigenvalue weighted by Gasteiger charge is -2.26. The second kappa shape index (κ2) is 9.17. The van der Waals surface area contributed by atoms with Crippen molar-refractivity contribution in [3.8, 4) is 0 Å². The van der Waals surface area contributed by atoms with Gasteiger partial charge in [0.2, 0.25) is 0 Å². The monoisotopic (exact) mass is 252 g/mol. The van der Waals surface area contributed by atoms with Gasteiger partial charge in [-0.2, -0.15) is 0 Å². The Labute approximate surface area is 111 Å². The standard InChI is InChI=1S/C15H28N2O/c1-3-4-5-6-7-9-14(12-16)17(2)13-15-10-8-11-18-15/h8,10-11,14H,3-7,9,12-13,16H2,1-2H3. The Bertz CT molecular complexity index is 285. The summed E-state index contributed by atoms with van der Waals surface area (Å²) in [6, 6.07) is 4.42. The number of nitrogens with zero attached hydrogens (tertiary/aromatic N) is 1. The molecule has 0 radical (unpaired) electrons. The van der Waals surface area contributed by atoms with E-state index in [0.29, 0.717) is 6.04 Å². The Morgan fingerprint density at radius 3 is 2.67 bits per heavy atom. The topological polar surface area (TPSA) is 42.4 Å². The zero-order valence-corrected chi connectivity index (χ0v) is 11.9. The van der Waals surface area contributed by atoms with E-state index in [0.717, 1.165) is 18.8 Å². The van der Waals surface area contributed by atoms with Crippen LogP contribution in [0.25, 0.3) is 0 Å². The molecule has 1 unspecified atom stereocenters. The Morgan fingerprint density at radius 2 is 2.06 bits per heavy atom. The van der Waals surface area contributed by atoms with Gasteiger partial charge in [-0.05, 0) is 25.6 Å². The number of nitrogens with two attached hydrogens (primary N) is 1. The molecule has 0 bridgehead atoms. The molecule has 104 valence electrons. The fourth-order valence-electron chi connectivity index (χ4n) is 2.28. The average Bonchev–Trinajstić information content (AvgIpc) is 2.86. The first-order chi connectivity index (χ1) is 8.77. The summed E-state index contributed by atoms with van der Waals surface area (Å²) in [4.78, 5) is 2.30. The van der Waals surface area contributed by atoms with Crippen LogP contribution in [0.15, 0.2) is 22.8 Å². The normalized spacial score (nSPS) is 13.1. The van der Waals surface area contributed by atoms with E-state index in [1.807, 2.05) is 12.1 Å². The molecular weight excluding hydrogens is 224 g/mol. The molecule has 2 N–H and O–H groups in total. The highest BCUT2D eigenvalue weighted by atomic mass is 16.3. The van der Waals surface area contributed by atoms with Crippen LogP contribution in [-0.4, -0.2) is 24.5 Å². The van der Waals surface area contributed by atoms with Gasteiger partial charge < -0.3 is 10.2 Å². The van der Waals surface area contributed by atoms with Gasteiger partial charge in [0.05, 0.1) is 12.8 Å². The fourth-order valence-corrected chi connectivity index (χ4v) is 2.28. The van der Waals surface area contributed by atoms with Crippen LogP contribution >= 0.6 is 0 Å². The van der Waals surface area contributed by atoms with Crippen molar-refractivity contribution < 1.29 is 4.42 Å². The van der Waals surface area contributed by atoms with Gasteiger partial charge in [-0.3, -0.25) is 4.90 Å². The van der Waals surface area contributed by atoms with Crippen molar-refractivity contribution in [3.63, 3.8) is 0 Å². The quantitative estimate of drug-likeness (QED) is 0.649. The van der Waals surface area contributed by atoms with Crippen molar-refractivity contribution in [3.05, 3.63) is 24.2 Å². The van der Waals surface area contributed by atoms with E-state index in [2.05, 4.69) is 18.9 Å². The van der Waals surface area contributed by atoms with Gasteiger partial charge in [-0.25, -0.2) is 0 Å². The highest BCUT2D eigenvalue weighted by Crippen LogP contribution is 2.13. The van der Waals surface area contributed by atoms with Crippen molar-refractivity contribution in [1.29, 1.82) is 0 Å². The van der Waals surface area contributed by atoms with Crippen molar-refractivity contribution in [2.45, 2.75) is 58.0 Å². The molecule has 1 aromatic rings. The molecule has 0 saturated heterocycles. The minimum atomic E-state index is 0.469. The smallest absolute Gasteiger partial charge is 0.117 e. The molecule has 0 aliphatic carbocycles. The average molecular weight is 252 g/mol. The summed E-state index contributed by atoms with van der Waals surface area (Å²) in [6.45, 7) is 3.83. The summed E-state index contributed by atoms with van der Waals surface area (Å²) in [5.41, 5.74) is 5.87. The van der Waals surface area contributed by atoms with Gasteiger partial charge in [0.1, 0.15) is 5.76 Å².